The first-order valence-corrected chi connectivity index (χ1v) is 12.0. The van der Waals surface area contributed by atoms with E-state index in [1.807, 2.05) is 24.3 Å². The SMILES string of the molecule is [B]C([B])(Cl)c1cc([N+](=O)[O-])cc(C([B])([B])Oc2cc3c(cc2OC)C(=O)N2c4ccccc4C[C@H]2CN3)c1. The summed E-state index contributed by atoms with van der Waals surface area (Å²) in [5, 5.41) is 12.7. The number of nitro benzene ring substituents is 1. The number of anilines is 2. The minimum atomic E-state index is -2.10. The molecule has 0 unspecified atom stereocenters. The minimum absolute atomic E-state index is 0.00858. The number of rotatable bonds is 6. The molecule has 0 fully saturated rings. The number of carbonyl (C=O) groups is 1. The van der Waals surface area contributed by atoms with Crippen LogP contribution in [0.1, 0.15) is 27.0 Å². The van der Waals surface area contributed by atoms with Gasteiger partial charge in [0.1, 0.15) is 15.7 Å². The number of nitrogens with zero attached hydrogens (tertiary/aromatic N) is 2. The van der Waals surface area contributed by atoms with Gasteiger partial charge in [-0.2, -0.15) is 0 Å². The van der Waals surface area contributed by atoms with Gasteiger partial charge in [0, 0.05) is 30.4 Å². The summed E-state index contributed by atoms with van der Waals surface area (Å²) in [5.74, 6) is 0.0917. The van der Waals surface area contributed by atoms with Crippen LogP contribution in [-0.2, 0) is 16.5 Å². The van der Waals surface area contributed by atoms with Gasteiger partial charge in [0.25, 0.3) is 11.6 Å². The molecule has 38 heavy (non-hydrogen) atoms. The van der Waals surface area contributed by atoms with Crippen LogP contribution >= 0.6 is 11.6 Å². The first kappa shape index (κ1) is 26.1. The number of hydrogen-bond acceptors (Lipinski definition) is 6. The van der Waals surface area contributed by atoms with Crippen LogP contribution in [0.5, 0.6) is 11.5 Å². The van der Waals surface area contributed by atoms with E-state index in [1.165, 1.54) is 13.2 Å². The van der Waals surface area contributed by atoms with Crippen molar-refractivity contribution in [2.24, 2.45) is 0 Å². The van der Waals surface area contributed by atoms with Gasteiger partial charge < -0.3 is 19.7 Å². The molecule has 13 heteroatoms. The highest BCUT2D eigenvalue weighted by molar-refractivity contribution is 6.61. The van der Waals surface area contributed by atoms with Crippen molar-refractivity contribution in [3.8, 4) is 11.5 Å². The molecule has 0 aliphatic carbocycles. The van der Waals surface area contributed by atoms with Crippen LogP contribution in [0.3, 0.4) is 0 Å². The Hall–Kier alpha value is -3.52. The maximum absolute atomic E-state index is 13.6. The Balaban J connectivity index is 1.53. The number of amides is 1. The normalized spacial score (nSPS) is 16.5. The fourth-order valence-corrected chi connectivity index (χ4v) is 4.89. The van der Waals surface area contributed by atoms with Crippen molar-refractivity contribution < 1.29 is 19.2 Å². The fourth-order valence-electron chi connectivity index (χ4n) is 4.78. The van der Waals surface area contributed by atoms with E-state index in [9.17, 15) is 14.9 Å². The van der Waals surface area contributed by atoms with Gasteiger partial charge in [0.15, 0.2) is 11.5 Å². The second-order valence-corrected chi connectivity index (χ2v) is 9.91. The van der Waals surface area contributed by atoms with E-state index in [0.717, 1.165) is 29.8 Å². The molecule has 2 aliphatic heterocycles. The summed E-state index contributed by atoms with van der Waals surface area (Å²) in [4.78, 5) is 26.3. The third-order valence-electron chi connectivity index (χ3n) is 6.65. The predicted octanol–water partition coefficient (Wildman–Crippen LogP) is 2.81. The number of carbonyl (C=O) groups excluding carboxylic acids is 1. The number of para-hydroxylation sites is 1. The highest BCUT2D eigenvalue weighted by atomic mass is 35.5. The molecule has 2 heterocycles. The quantitative estimate of drug-likeness (QED) is 0.233. The Kier molecular flexibility index (Phi) is 6.42. The van der Waals surface area contributed by atoms with Gasteiger partial charge in [-0.1, -0.05) is 24.3 Å². The Morgan fingerprint density at radius 3 is 2.47 bits per heavy atom. The first-order valence-electron chi connectivity index (χ1n) is 11.6. The van der Waals surface area contributed by atoms with Gasteiger partial charge >= 0.3 is 0 Å². The summed E-state index contributed by atoms with van der Waals surface area (Å²) >= 11 is 5.99. The molecule has 5 rings (SSSR count). The van der Waals surface area contributed by atoms with Crippen LogP contribution in [-0.4, -0.2) is 61.9 Å². The van der Waals surface area contributed by atoms with Crippen molar-refractivity contribution in [2.45, 2.75) is 22.5 Å². The number of fused-ring (bicyclic) bond motifs is 4. The molecule has 0 bridgehead atoms. The highest BCUT2D eigenvalue weighted by Gasteiger charge is 2.38. The molecule has 2 aliphatic rings. The number of nitro groups is 1. The maximum Gasteiger partial charge on any atom is 0.270 e. The van der Waals surface area contributed by atoms with E-state index in [4.69, 9.17) is 52.5 Å². The number of benzene rings is 3. The highest BCUT2D eigenvalue weighted by Crippen LogP contribution is 2.42. The average molecular weight is 519 g/mol. The molecule has 0 spiro atoms. The molecule has 0 saturated heterocycles. The lowest BCUT2D eigenvalue weighted by Gasteiger charge is -2.31. The van der Waals surface area contributed by atoms with Crippen LogP contribution in [0.15, 0.2) is 54.6 Å². The number of halogens is 1. The summed E-state index contributed by atoms with van der Waals surface area (Å²) in [6, 6.07) is 14.4. The zero-order valence-corrected chi connectivity index (χ0v) is 21.1. The third kappa shape index (κ3) is 4.62. The topological polar surface area (TPSA) is 93.9 Å². The Bertz CT molecular complexity index is 1460. The summed E-state index contributed by atoms with van der Waals surface area (Å²) in [6.45, 7) is 0.495. The third-order valence-corrected chi connectivity index (χ3v) is 6.87. The first-order chi connectivity index (χ1) is 17.9. The monoisotopic (exact) mass is 519 g/mol. The molecule has 1 N–H and O–H groups in total. The molecular formula is C25H18B4ClN3O5. The lowest BCUT2D eigenvalue weighted by Crippen LogP contribution is -2.39. The molecule has 1 amide bonds. The Morgan fingerprint density at radius 1 is 1.08 bits per heavy atom. The van der Waals surface area contributed by atoms with Gasteiger partial charge in [-0.15, -0.1) is 11.6 Å². The molecule has 3 aromatic carbocycles. The number of nitrogens with one attached hydrogen (secondary N) is 1. The van der Waals surface area contributed by atoms with E-state index in [-0.39, 0.29) is 40.3 Å². The molecular weight excluding hydrogens is 501 g/mol. The summed E-state index contributed by atoms with van der Waals surface area (Å²) < 4.78 is 9.50. The molecule has 182 valence electrons. The zero-order chi connectivity index (χ0) is 27.4. The maximum atomic E-state index is 13.6. The molecule has 1 atom stereocenters. The predicted molar refractivity (Wildman–Crippen MR) is 148 cm³/mol. The van der Waals surface area contributed by atoms with E-state index in [1.54, 1.807) is 17.0 Å². The Morgan fingerprint density at radius 2 is 1.79 bits per heavy atom. The average Bonchev–Trinajstić information content (AvgIpc) is 3.18. The number of methoxy groups -OCH3 is 1. The van der Waals surface area contributed by atoms with E-state index in [0.29, 0.717) is 17.8 Å². The zero-order valence-electron chi connectivity index (χ0n) is 20.3. The second-order valence-electron chi connectivity index (χ2n) is 9.28. The summed E-state index contributed by atoms with van der Waals surface area (Å²) in [6.07, 6.45) is 0.720. The summed E-state index contributed by atoms with van der Waals surface area (Å²) in [7, 11) is 25.5. The van der Waals surface area contributed by atoms with Gasteiger partial charge in [0.05, 0.1) is 50.4 Å². The minimum Gasteiger partial charge on any atom is -0.499 e. The molecule has 0 saturated carbocycles. The largest absolute Gasteiger partial charge is 0.499 e. The van der Waals surface area contributed by atoms with Gasteiger partial charge in [-0.25, -0.2) is 0 Å². The van der Waals surface area contributed by atoms with Crippen LogP contribution in [0.25, 0.3) is 0 Å². The van der Waals surface area contributed by atoms with E-state index >= 15 is 0 Å². The van der Waals surface area contributed by atoms with Crippen LogP contribution < -0.4 is 19.7 Å². The van der Waals surface area contributed by atoms with Gasteiger partial charge in [-0.3, -0.25) is 14.9 Å². The van der Waals surface area contributed by atoms with Crippen LogP contribution in [0, 0.1) is 10.1 Å². The number of non-ortho nitro benzene ring substituents is 1. The smallest absolute Gasteiger partial charge is 0.270 e. The van der Waals surface area contributed by atoms with Crippen molar-refractivity contribution >= 4 is 66.0 Å². The second kappa shape index (κ2) is 9.34. The van der Waals surface area contributed by atoms with E-state index in [2.05, 4.69) is 5.32 Å². The Labute approximate surface area is 229 Å². The van der Waals surface area contributed by atoms with Gasteiger partial charge in [0.2, 0.25) is 0 Å². The lowest BCUT2D eigenvalue weighted by atomic mass is 9.59. The molecule has 8 nitrogen and oxygen atoms in total. The van der Waals surface area contributed by atoms with Crippen molar-refractivity contribution in [2.75, 3.05) is 23.9 Å². The number of ether oxygens (including phenoxy) is 2. The van der Waals surface area contributed by atoms with Crippen molar-refractivity contribution in [1.29, 1.82) is 0 Å². The standard InChI is InChI=1S/C25H18B4ClN3O5/c1-37-21-10-18-19(31-12-17-6-13-4-2-3-5-20(13)32(17)23(18)34)11-22(21)38-25(28,29)15-7-14(24(26,27)30)8-16(9-15)33(35)36/h2-5,7-11,17,31H,6,12H2,1H3/t17-/m0/s1. The molecule has 8 radical (unpaired) electrons. The fraction of sp³-hybridized carbons (Fsp3) is 0.240. The number of alkyl halides is 1. The van der Waals surface area contributed by atoms with Crippen molar-refractivity contribution in [3.63, 3.8) is 0 Å². The van der Waals surface area contributed by atoms with Gasteiger partial charge in [-0.05, 0) is 39.9 Å². The van der Waals surface area contributed by atoms with Crippen LogP contribution in [0.4, 0.5) is 17.1 Å². The van der Waals surface area contributed by atoms with E-state index < -0.39 is 15.0 Å². The molecule has 0 aromatic heterocycles. The summed E-state index contributed by atoms with van der Waals surface area (Å²) in [5.41, 5.74) is 2.46. The van der Waals surface area contributed by atoms with Crippen LogP contribution in [0.2, 0.25) is 0 Å². The van der Waals surface area contributed by atoms with Crippen molar-refractivity contribution in [3.05, 3.63) is 87.0 Å². The number of hydrogen-bond donors (Lipinski definition) is 1. The lowest BCUT2D eigenvalue weighted by molar-refractivity contribution is -0.385. The molecule has 3 aromatic rings. The van der Waals surface area contributed by atoms with Crippen molar-refractivity contribution in [1.82, 2.24) is 0 Å².